The van der Waals surface area contributed by atoms with Gasteiger partial charge in [-0.05, 0) is 80.8 Å². The van der Waals surface area contributed by atoms with E-state index in [9.17, 15) is 9.50 Å². The highest BCUT2D eigenvalue weighted by molar-refractivity contribution is 5.92. The van der Waals surface area contributed by atoms with Crippen molar-refractivity contribution >= 4 is 27.8 Å². The molecule has 2 aromatic heterocycles. The van der Waals surface area contributed by atoms with Crippen LogP contribution in [0, 0.1) is 18.2 Å². The van der Waals surface area contributed by atoms with Gasteiger partial charge in [0.25, 0.3) is 0 Å². The molecule has 0 radical (unpaired) electrons. The van der Waals surface area contributed by atoms with Crippen LogP contribution in [0.5, 0.6) is 11.5 Å². The number of benzene rings is 2. The fourth-order valence-corrected chi connectivity index (χ4v) is 8.00. The molecule has 0 aliphatic carbocycles. The number of nitrogens with one attached hydrogen (secondary N) is 1. The number of halogens is 1. The molecule has 2 bridgehead atoms. The van der Waals surface area contributed by atoms with Gasteiger partial charge in [-0.25, -0.2) is 14.4 Å². The zero-order chi connectivity index (χ0) is 28.4. The molecule has 8 nitrogen and oxygen atoms in total. The molecule has 2 atom stereocenters. The number of terminal acetylenes is 1. The van der Waals surface area contributed by atoms with Gasteiger partial charge in [-0.15, -0.1) is 6.42 Å². The predicted molar refractivity (Wildman–Crippen MR) is 161 cm³/mol. The van der Waals surface area contributed by atoms with Gasteiger partial charge >= 0.3 is 0 Å². The van der Waals surface area contributed by atoms with Gasteiger partial charge in [0, 0.05) is 36.6 Å². The number of aromatic nitrogens is 3. The quantitative estimate of drug-likeness (QED) is 0.335. The Bertz CT molecular complexity index is 1720. The first-order chi connectivity index (χ1) is 20.5. The number of ether oxygens (including phenoxy) is 1. The molecule has 2 N–H and O–H groups in total. The first-order valence-electron chi connectivity index (χ1n) is 15.2. The van der Waals surface area contributed by atoms with Gasteiger partial charge in [0.05, 0.1) is 24.0 Å². The third-order valence-corrected chi connectivity index (χ3v) is 9.99. The van der Waals surface area contributed by atoms with Crippen LogP contribution >= 0.6 is 0 Å². The Morgan fingerprint density at radius 1 is 1.12 bits per heavy atom. The Hall–Kier alpha value is -3.87. The minimum absolute atomic E-state index is 0.0994. The van der Waals surface area contributed by atoms with E-state index in [0.29, 0.717) is 52.7 Å². The predicted octanol–water partition coefficient (Wildman–Crippen LogP) is 4.41. The van der Waals surface area contributed by atoms with Crippen LogP contribution in [0.1, 0.15) is 49.7 Å². The highest BCUT2D eigenvalue weighted by Crippen LogP contribution is 2.40. The van der Waals surface area contributed by atoms with Crippen LogP contribution in [0.4, 0.5) is 10.2 Å². The van der Waals surface area contributed by atoms with Crippen molar-refractivity contribution < 1.29 is 14.2 Å². The van der Waals surface area contributed by atoms with Crippen LogP contribution in [0.15, 0.2) is 36.7 Å². The van der Waals surface area contributed by atoms with Crippen LogP contribution < -0.4 is 15.0 Å². The lowest BCUT2D eigenvalue weighted by molar-refractivity contribution is 0.114. The SMILES string of the molecule is C#Cc1c(F)ccc2cc(O)cc(Cn3cnc4c(OCC56CCCN5CCC6)cc(N5CC6CCC(C5)N6)nc43)c12. The summed E-state index contributed by atoms with van der Waals surface area (Å²) in [5.41, 5.74) is 2.43. The summed E-state index contributed by atoms with van der Waals surface area (Å²) in [4.78, 5) is 14.9. The second-order valence-corrected chi connectivity index (χ2v) is 12.5. The summed E-state index contributed by atoms with van der Waals surface area (Å²) in [7, 11) is 0. The Kier molecular flexibility index (Phi) is 6.06. The highest BCUT2D eigenvalue weighted by atomic mass is 19.1. The number of phenols is 1. The number of imidazole rings is 1. The summed E-state index contributed by atoms with van der Waals surface area (Å²) in [6, 6.07) is 9.27. The number of fused-ring (bicyclic) bond motifs is 5. The molecule has 4 aliphatic rings. The van der Waals surface area contributed by atoms with Crippen molar-refractivity contribution in [2.45, 2.75) is 62.7 Å². The third-order valence-electron chi connectivity index (χ3n) is 9.99. The molecular weight excluding hydrogens is 531 g/mol. The molecule has 0 saturated carbocycles. The molecule has 6 heterocycles. The average Bonchev–Trinajstić information content (AvgIpc) is 3.75. The molecule has 0 spiro atoms. The maximum absolute atomic E-state index is 14.8. The van der Waals surface area contributed by atoms with Gasteiger partial charge in [0.15, 0.2) is 11.4 Å². The number of nitrogens with zero attached hydrogens (tertiary/aromatic N) is 5. The van der Waals surface area contributed by atoms with Crippen molar-refractivity contribution in [3.63, 3.8) is 0 Å². The normalized spacial score (nSPS) is 23.1. The molecule has 216 valence electrons. The second-order valence-electron chi connectivity index (χ2n) is 12.5. The maximum Gasteiger partial charge on any atom is 0.166 e. The van der Waals surface area contributed by atoms with E-state index in [1.165, 1.54) is 44.6 Å². The maximum atomic E-state index is 14.8. The molecule has 4 aromatic rings. The first kappa shape index (κ1) is 25.8. The zero-order valence-electron chi connectivity index (χ0n) is 23.7. The lowest BCUT2D eigenvalue weighted by Crippen LogP contribution is -2.51. The Labute approximate surface area is 244 Å². The van der Waals surface area contributed by atoms with E-state index >= 15 is 0 Å². The molecule has 9 heteroatoms. The molecule has 4 aliphatic heterocycles. The van der Waals surface area contributed by atoms with Gasteiger partial charge in [0.1, 0.15) is 29.5 Å². The van der Waals surface area contributed by atoms with Crippen LogP contribution in [0.3, 0.4) is 0 Å². The van der Waals surface area contributed by atoms with Crippen LogP contribution in [0.2, 0.25) is 0 Å². The van der Waals surface area contributed by atoms with Crippen molar-refractivity contribution in [2.75, 3.05) is 37.7 Å². The standard InChI is InChI=1S/C33H35FN6O2/c1-2-26-27(34)8-5-21-13-25(41)14-22(30(21)26)16-39-20-35-31-28(42-19-33-9-3-11-40(33)12-4-10-33)15-29(37-32(31)39)38-17-23-6-7-24(18-38)36-23/h1,5,8,13-15,20,23-24,36,41H,3-4,6-7,9-12,16-19H2. The van der Waals surface area contributed by atoms with Crippen molar-refractivity contribution in [1.82, 2.24) is 24.8 Å². The molecule has 4 fully saturated rings. The summed E-state index contributed by atoms with van der Waals surface area (Å²) in [5.74, 6) is 3.81. The van der Waals surface area contributed by atoms with Crippen molar-refractivity contribution in [3.05, 3.63) is 53.6 Å². The summed E-state index contributed by atoms with van der Waals surface area (Å²) in [5, 5.41) is 15.5. The number of aromatic hydroxyl groups is 1. The van der Waals surface area contributed by atoms with Gasteiger partial charge in [-0.2, -0.15) is 0 Å². The number of rotatable bonds is 6. The van der Waals surface area contributed by atoms with E-state index in [-0.39, 0.29) is 16.9 Å². The molecule has 42 heavy (non-hydrogen) atoms. The average molecular weight is 567 g/mol. The summed E-state index contributed by atoms with van der Waals surface area (Å²) in [6.45, 7) is 5.07. The summed E-state index contributed by atoms with van der Waals surface area (Å²) in [6.07, 6.45) is 14.6. The highest BCUT2D eigenvalue weighted by Gasteiger charge is 2.45. The van der Waals surface area contributed by atoms with Crippen LogP contribution in [-0.2, 0) is 6.54 Å². The number of piperazine rings is 1. The lowest BCUT2D eigenvalue weighted by Gasteiger charge is -2.34. The number of pyridine rings is 1. The van der Waals surface area contributed by atoms with E-state index in [2.05, 4.69) is 27.1 Å². The largest absolute Gasteiger partial charge is 0.508 e. The molecule has 4 saturated heterocycles. The smallest absolute Gasteiger partial charge is 0.166 e. The van der Waals surface area contributed by atoms with Crippen molar-refractivity contribution in [3.8, 4) is 23.8 Å². The van der Waals surface area contributed by atoms with Gasteiger partial charge in [-0.3, -0.25) is 4.90 Å². The Balaban J connectivity index is 1.21. The summed E-state index contributed by atoms with van der Waals surface area (Å²) < 4.78 is 23.4. The van der Waals surface area contributed by atoms with E-state index in [1.54, 1.807) is 24.5 Å². The van der Waals surface area contributed by atoms with E-state index in [4.69, 9.17) is 21.1 Å². The fourth-order valence-electron chi connectivity index (χ4n) is 8.00. The Morgan fingerprint density at radius 2 is 1.90 bits per heavy atom. The van der Waals surface area contributed by atoms with Crippen LogP contribution in [0.25, 0.3) is 21.9 Å². The van der Waals surface area contributed by atoms with Gasteiger partial charge in [-0.1, -0.05) is 12.0 Å². The van der Waals surface area contributed by atoms with Crippen molar-refractivity contribution in [1.29, 1.82) is 0 Å². The monoisotopic (exact) mass is 566 g/mol. The minimum atomic E-state index is -0.455. The molecule has 8 rings (SSSR count). The topological polar surface area (TPSA) is 78.7 Å². The minimum Gasteiger partial charge on any atom is -0.508 e. The number of hydrogen-bond acceptors (Lipinski definition) is 7. The Morgan fingerprint density at radius 3 is 2.67 bits per heavy atom. The third kappa shape index (κ3) is 4.19. The number of hydrogen-bond donors (Lipinski definition) is 2. The molecule has 2 aromatic carbocycles. The first-order valence-corrected chi connectivity index (χ1v) is 15.2. The zero-order valence-corrected chi connectivity index (χ0v) is 23.7. The molecule has 2 unspecified atom stereocenters. The van der Waals surface area contributed by atoms with Gasteiger partial charge < -0.3 is 24.6 Å². The number of anilines is 1. The van der Waals surface area contributed by atoms with E-state index in [1.807, 2.05) is 4.57 Å². The van der Waals surface area contributed by atoms with E-state index < -0.39 is 5.82 Å². The van der Waals surface area contributed by atoms with E-state index in [0.717, 1.165) is 37.7 Å². The fraction of sp³-hybridized carbons (Fsp3) is 0.455. The van der Waals surface area contributed by atoms with Gasteiger partial charge in [0.2, 0.25) is 0 Å². The second kappa shape index (κ2) is 9.85. The number of phenolic OH excluding ortho intramolecular Hbond substituents is 1. The summed E-state index contributed by atoms with van der Waals surface area (Å²) >= 11 is 0. The van der Waals surface area contributed by atoms with Crippen molar-refractivity contribution in [2.24, 2.45) is 0 Å². The molecular formula is C33H35FN6O2. The van der Waals surface area contributed by atoms with Crippen LogP contribution in [-0.4, -0.2) is 75.0 Å². The lowest BCUT2D eigenvalue weighted by atomic mass is 9.95. The molecule has 0 amide bonds.